The topological polar surface area (TPSA) is 72.9 Å². The summed E-state index contributed by atoms with van der Waals surface area (Å²) < 4.78 is 1.71. The normalized spacial score (nSPS) is 13.2. The molecular formula is C18H26Cl2N4O. The Hall–Kier alpha value is -1.56. The molecule has 0 aliphatic carbocycles. The number of amides is 1. The van der Waals surface area contributed by atoms with Crippen molar-refractivity contribution in [2.45, 2.75) is 39.3 Å². The number of hydrogen-bond acceptors (Lipinski definition) is 3. The second kappa shape index (κ2) is 9.22. The minimum absolute atomic E-state index is 0. The van der Waals surface area contributed by atoms with Crippen LogP contribution in [0, 0.1) is 5.92 Å². The summed E-state index contributed by atoms with van der Waals surface area (Å²) in [7, 11) is 0. The summed E-state index contributed by atoms with van der Waals surface area (Å²) >= 11 is 6.16. The molecule has 0 bridgehead atoms. The lowest BCUT2D eigenvalue weighted by atomic mass is 9.90. The maximum atomic E-state index is 12.5. The number of carbonyl (C=O) groups is 1. The Morgan fingerprint density at radius 2 is 2.08 bits per heavy atom. The molecule has 0 saturated heterocycles. The lowest BCUT2D eigenvalue weighted by Crippen LogP contribution is -2.52. The number of benzene rings is 1. The second-order valence-electron chi connectivity index (χ2n) is 6.83. The van der Waals surface area contributed by atoms with Crippen LogP contribution in [0.25, 0.3) is 0 Å². The van der Waals surface area contributed by atoms with Crippen LogP contribution in [0.5, 0.6) is 0 Å². The van der Waals surface area contributed by atoms with Gasteiger partial charge in [-0.05, 0) is 30.9 Å². The summed E-state index contributed by atoms with van der Waals surface area (Å²) in [5.74, 6) is 0.288. The van der Waals surface area contributed by atoms with Gasteiger partial charge in [-0.3, -0.25) is 9.48 Å². The molecule has 3 N–H and O–H groups in total. The molecule has 1 aromatic heterocycles. The van der Waals surface area contributed by atoms with Gasteiger partial charge in [-0.1, -0.05) is 43.6 Å². The van der Waals surface area contributed by atoms with E-state index >= 15 is 0 Å². The molecule has 0 fully saturated rings. The van der Waals surface area contributed by atoms with Crippen LogP contribution in [-0.2, 0) is 6.54 Å². The van der Waals surface area contributed by atoms with E-state index in [9.17, 15) is 4.79 Å². The van der Waals surface area contributed by atoms with Gasteiger partial charge in [-0.15, -0.1) is 12.4 Å². The van der Waals surface area contributed by atoms with Crippen molar-refractivity contribution >= 4 is 29.9 Å². The van der Waals surface area contributed by atoms with Gasteiger partial charge < -0.3 is 11.1 Å². The number of nitrogens with zero attached hydrogens (tertiary/aromatic N) is 2. The van der Waals surface area contributed by atoms with E-state index in [-0.39, 0.29) is 18.3 Å². The number of aromatic nitrogens is 2. The highest BCUT2D eigenvalue weighted by molar-refractivity contribution is 6.31. The van der Waals surface area contributed by atoms with Crippen molar-refractivity contribution in [1.29, 1.82) is 0 Å². The summed E-state index contributed by atoms with van der Waals surface area (Å²) in [6.07, 6.45) is 4.12. The third-order valence-corrected chi connectivity index (χ3v) is 4.28. The first-order valence-corrected chi connectivity index (χ1v) is 8.49. The molecule has 0 spiro atoms. The van der Waals surface area contributed by atoms with Crippen molar-refractivity contribution in [3.05, 3.63) is 52.8 Å². The fourth-order valence-corrected chi connectivity index (χ4v) is 3.00. The largest absolute Gasteiger partial charge is 0.346 e. The maximum Gasteiger partial charge on any atom is 0.254 e. The van der Waals surface area contributed by atoms with Gasteiger partial charge in [0.15, 0.2) is 0 Å². The molecule has 2 aromatic rings. The van der Waals surface area contributed by atoms with Crippen molar-refractivity contribution in [2.24, 2.45) is 11.7 Å². The highest BCUT2D eigenvalue weighted by Gasteiger charge is 2.26. The van der Waals surface area contributed by atoms with Gasteiger partial charge in [-0.25, -0.2) is 0 Å². The van der Waals surface area contributed by atoms with E-state index in [0.717, 1.165) is 12.0 Å². The summed E-state index contributed by atoms with van der Waals surface area (Å²) in [4.78, 5) is 12.5. The average Bonchev–Trinajstić information content (AvgIpc) is 2.97. The number of nitrogens with one attached hydrogen (secondary N) is 1. The Morgan fingerprint density at radius 1 is 1.40 bits per heavy atom. The molecule has 1 aromatic carbocycles. The third kappa shape index (κ3) is 6.03. The number of halogens is 2. The van der Waals surface area contributed by atoms with Gasteiger partial charge >= 0.3 is 0 Å². The summed E-state index contributed by atoms with van der Waals surface area (Å²) in [6.45, 7) is 7.11. The third-order valence-electron chi connectivity index (χ3n) is 3.91. The first-order valence-electron chi connectivity index (χ1n) is 8.11. The van der Waals surface area contributed by atoms with Crippen LogP contribution in [0.1, 0.15) is 43.1 Å². The fraction of sp³-hybridized carbons (Fsp3) is 0.444. The molecule has 0 saturated carbocycles. The summed E-state index contributed by atoms with van der Waals surface area (Å²) in [6, 6.07) is 7.59. The Labute approximate surface area is 160 Å². The van der Waals surface area contributed by atoms with E-state index in [1.807, 2.05) is 31.2 Å². The molecule has 0 radical (unpaired) electrons. The van der Waals surface area contributed by atoms with E-state index in [1.54, 1.807) is 17.1 Å². The quantitative estimate of drug-likeness (QED) is 0.766. The molecule has 25 heavy (non-hydrogen) atoms. The van der Waals surface area contributed by atoms with Crippen LogP contribution in [-0.4, -0.2) is 27.8 Å². The van der Waals surface area contributed by atoms with E-state index in [1.165, 1.54) is 0 Å². The molecule has 1 amide bonds. The van der Waals surface area contributed by atoms with Crippen molar-refractivity contribution in [3.8, 4) is 0 Å². The predicted molar refractivity (Wildman–Crippen MR) is 104 cm³/mol. The average molecular weight is 385 g/mol. The maximum absolute atomic E-state index is 12.5. The van der Waals surface area contributed by atoms with Gasteiger partial charge in [0, 0.05) is 23.3 Å². The summed E-state index contributed by atoms with van der Waals surface area (Å²) in [5, 5.41) is 7.98. The number of carbonyl (C=O) groups excluding carboxylic acids is 1. The van der Waals surface area contributed by atoms with Crippen LogP contribution >= 0.6 is 24.0 Å². The van der Waals surface area contributed by atoms with Crippen molar-refractivity contribution in [2.75, 3.05) is 6.54 Å². The number of rotatable bonds is 7. The molecule has 2 rings (SSSR count). The first kappa shape index (κ1) is 21.5. The molecule has 1 heterocycles. The summed E-state index contributed by atoms with van der Waals surface area (Å²) in [5.41, 5.74) is 6.91. The zero-order chi connectivity index (χ0) is 17.7. The van der Waals surface area contributed by atoms with Crippen LogP contribution in [0.2, 0.25) is 5.02 Å². The minimum atomic E-state index is -0.421. The molecular weight excluding hydrogens is 359 g/mol. The zero-order valence-corrected chi connectivity index (χ0v) is 16.4. The van der Waals surface area contributed by atoms with Gasteiger partial charge in [0.25, 0.3) is 5.91 Å². The minimum Gasteiger partial charge on any atom is -0.346 e. The molecule has 0 aliphatic rings. The highest BCUT2D eigenvalue weighted by Crippen LogP contribution is 2.18. The molecule has 5 nitrogen and oxygen atoms in total. The van der Waals surface area contributed by atoms with Gasteiger partial charge in [-0.2, -0.15) is 5.10 Å². The Morgan fingerprint density at radius 3 is 2.68 bits per heavy atom. The number of hydrogen-bond donors (Lipinski definition) is 2. The monoisotopic (exact) mass is 384 g/mol. The van der Waals surface area contributed by atoms with Crippen LogP contribution in [0.3, 0.4) is 0 Å². The molecule has 1 unspecified atom stereocenters. The van der Waals surface area contributed by atoms with Crippen LogP contribution in [0.15, 0.2) is 36.7 Å². The van der Waals surface area contributed by atoms with E-state index < -0.39 is 5.54 Å². The number of nitrogens with two attached hydrogens (primary N) is 1. The van der Waals surface area contributed by atoms with E-state index in [0.29, 0.717) is 29.6 Å². The zero-order valence-electron chi connectivity index (χ0n) is 14.8. The second-order valence-corrected chi connectivity index (χ2v) is 7.24. The molecule has 1 atom stereocenters. The van der Waals surface area contributed by atoms with Crippen molar-refractivity contribution < 1.29 is 4.79 Å². The first-order chi connectivity index (χ1) is 11.3. The molecule has 0 aliphatic heterocycles. The van der Waals surface area contributed by atoms with E-state index in [4.69, 9.17) is 17.3 Å². The molecule has 7 heteroatoms. The van der Waals surface area contributed by atoms with Gasteiger partial charge in [0.1, 0.15) is 0 Å². The predicted octanol–water partition coefficient (Wildman–Crippen LogP) is 3.50. The Kier molecular flexibility index (Phi) is 7.93. The molecule has 138 valence electrons. The van der Waals surface area contributed by atoms with Gasteiger partial charge in [0.05, 0.1) is 18.3 Å². The Balaban J connectivity index is 0.00000312. The van der Waals surface area contributed by atoms with Crippen molar-refractivity contribution in [3.63, 3.8) is 0 Å². The Bertz CT molecular complexity index is 702. The van der Waals surface area contributed by atoms with Crippen LogP contribution < -0.4 is 11.1 Å². The highest BCUT2D eigenvalue weighted by atomic mass is 35.5. The smallest absolute Gasteiger partial charge is 0.254 e. The van der Waals surface area contributed by atoms with Gasteiger partial charge in [0.2, 0.25) is 0 Å². The lowest BCUT2D eigenvalue weighted by molar-refractivity contribution is 0.0898. The SMILES string of the molecule is CC(C)CC(C)(CN)NC(=O)c1cnn(Cc2ccccc2Cl)c1.Cl. The lowest BCUT2D eigenvalue weighted by Gasteiger charge is -2.31. The van der Waals surface area contributed by atoms with Crippen molar-refractivity contribution in [1.82, 2.24) is 15.1 Å². The van der Waals surface area contributed by atoms with E-state index in [2.05, 4.69) is 24.3 Å². The standard InChI is InChI=1S/C18H25ClN4O.ClH/c1-13(2)8-18(3,12-20)22-17(24)15-9-21-23(11-15)10-14-6-4-5-7-16(14)19;/h4-7,9,11,13H,8,10,12,20H2,1-3H3,(H,22,24);1H. The van der Waals surface area contributed by atoms with Crippen LogP contribution in [0.4, 0.5) is 0 Å². The fourth-order valence-electron chi connectivity index (χ4n) is 2.80.